The number of carbonyl (C=O) groups is 4. The topological polar surface area (TPSA) is 127 Å². The molecule has 0 spiro atoms. The second-order valence-electron chi connectivity index (χ2n) is 6.00. The number of esters is 2. The number of aliphatic hydroxyl groups is 2. The van der Waals surface area contributed by atoms with Crippen LogP contribution in [0.25, 0.3) is 0 Å². The number of hydrogen-bond acceptors (Lipinski definition) is 8. The highest BCUT2D eigenvalue weighted by Gasteiger charge is 2.38. The van der Waals surface area contributed by atoms with E-state index in [-0.39, 0.29) is 0 Å². The molecule has 0 aromatic heterocycles. The summed E-state index contributed by atoms with van der Waals surface area (Å²) in [6.07, 6.45) is 1.10. The molecule has 4 unspecified atom stereocenters. The normalized spacial score (nSPS) is 21.8. The van der Waals surface area contributed by atoms with Crippen molar-refractivity contribution in [1.29, 1.82) is 0 Å². The molecule has 8 heteroatoms. The Labute approximate surface area is 151 Å². The molecule has 1 aliphatic carbocycles. The molecular formula is C18H24O8. The van der Waals surface area contributed by atoms with Gasteiger partial charge in [-0.1, -0.05) is 26.0 Å². The van der Waals surface area contributed by atoms with Crippen molar-refractivity contribution >= 4 is 23.5 Å². The lowest BCUT2D eigenvalue weighted by atomic mass is 9.79. The number of carbonyl (C=O) groups excluding carboxylic acids is 4. The van der Waals surface area contributed by atoms with E-state index in [1.807, 2.05) is 0 Å². The zero-order chi connectivity index (χ0) is 19.7. The van der Waals surface area contributed by atoms with E-state index >= 15 is 0 Å². The van der Waals surface area contributed by atoms with Crippen molar-refractivity contribution in [2.75, 3.05) is 13.2 Å². The van der Waals surface area contributed by atoms with E-state index in [4.69, 9.17) is 9.47 Å². The van der Waals surface area contributed by atoms with Crippen molar-refractivity contribution in [3.05, 3.63) is 25.3 Å². The van der Waals surface area contributed by atoms with E-state index in [9.17, 15) is 29.4 Å². The van der Waals surface area contributed by atoms with Crippen molar-refractivity contribution in [3.8, 4) is 0 Å². The fourth-order valence-electron chi connectivity index (χ4n) is 2.67. The zero-order valence-corrected chi connectivity index (χ0v) is 14.5. The van der Waals surface area contributed by atoms with Gasteiger partial charge in [0.2, 0.25) is 0 Å². The maximum Gasteiger partial charge on any atom is 0.309 e. The fourth-order valence-corrected chi connectivity index (χ4v) is 2.67. The van der Waals surface area contributed by atoms with Gasteiger partial charge in [-0.25, -0.2) is 0 Å². The molecule has 0 aromatic rings. The average Bonchev–Trinajstić information content (AvgIpc) is 2.68. The first-order valence-corrected chi connectivity index (χ1v) is 8.33. The van der Waals surface area contributed by atoms with E-state index in [1.54, 1.807) is 0 Å². The Morgan fingerprint density at radius 3 is 1.50 bits per heavy atom. The summed E-state index contributed by atoms with van der Waals surface area (Å²) in [7, 11) is 0. The summed E-state index contributed by atoms with van der Waals surface area (Å²) in [4.78, 5) is 46.9. The van der Waals surface area contributed by atoms with Gasteiger partial charge in [0.05, 0.1) is 11.8 Å². The first-order valence-electron chi connectivity index (χ1n) is 8.33. The molecule has 4 atom stereocenters. The quantitative estimate of drug-likeness (QED) is 0.411. The molecule has 144 valence electrons. The van der Waals surface area contributed by atoms with Gasteiger partial charge in [-0.2, -0.15) is 0 Å². The van der Waals surface area contributed by atoms with E-state index in [0.717, 1.165) is 25.0 Å². The van der Waals surface area contributed by atoms with Gasteiger partial charge in [-0.15, -0.1) is 0 Å². The van der Waals surface area contributed by atoms with Gasteiger partial charge in [-0.05, 0) is 25.0 Å². The summed E-state index contributed by atoms with van der Waals surface area (Å²) >= 11 is 0. The highest BCUT2D eigenvalue weighted by atomic mass is 16.6. The standard InChI is InChI=1S/C18H24O8/c1-3-13(19)15(21)9-25-17(23)11-7-5-6-8-12(11)18(24)26-10-16(22)14(20)4-2/h3-4,11-12,15-16,21-22H,1-2,5-10H2. The van der Waals surface area contributed by atoms with E-state index in [0.29, 0.717) is 12.8 Å². The Bertz CT molecular complexity index is 518. The molecule has 0 aliphatic heterocycles. The van der Waals surface area contributed by atoms with Crippen LogP contribution in [0.4, 0.5) is 0 Å². The summed E-state index contributed by atoms with van der Waals surface area (Å²) in [6.45, 7) is 5.41. The Kier molecular flexibility index (Phi) is 8.87. The van der Waals surface area contributed by atoms with Crippen LogP contribution in [-0.4, -0.2) is 59.1 Å². The van der Waals surface area contributed by atoms with Gasteiger partial charge in [0.25, 0.3) is 0 Å². The molecule has 0 amide bonds. The molecule has 1 saturated carbocycles. The van der Waals surface area contributed by atoms with Gasteiger partial charge < -0.3 is 19.7 Å². The van der Waals surface area contributed by atoms with Crippen molar-refractivity contribution in [2.45, 2.75) is 37.9 Å². The highest BCUT2D eigenvalue weighted by molar-refractivity contribution is 5.93. The van der Waals surface area contributed by atoms with Crippen molar-refractivity contribution < 1.29 is 38.9 Å². The van der Waals surface area contributed by atoms with Gasteiger partial charge in [-0.3, -0.25) is 19.2 Å². The maximum absolute atomic E-state index is 12.2. The summed E-state index contributed by atoms with van der Waals surface area (Å²) in [5, 5.41) is 19.0. The second kappa shape index (κ2) is 10.6. The van der Waals surface area contributed by atoms with Crippen LogP contribution in [0.1, 0.15) is 25.7 Å². The van der Waals surface area contributed by atoms with Crippen molar-refractivity contribution in [2.24, 2.45) is 11.8 Å². The minimum Gasteiger partial charge on any atom is -0.462 e. The van der Waals surface area contributed by atoms with Crippen LogP contribution in [0.3, 0.4) is 0 Å². The van der Waals surface area contributed by atoms with E-state index in [2.05, 4.69) is 13.2 Å². The third kappa shape index (κ3) is 6.20. The summed E-state index contributed by atoms with van der Waals surface area (Å²) in [5.74, 6) is -4.28. The zero-order valence-electron chi connectivity index (χ0n) is 14.5. The predicted molar refractivity (Wildman–Crippen MR) is 89.8 cm³/mol. The number of aliphatic hydroxyl groups excluding tert-OH is 2. The Morgan fingerprint density at radius 2 is 1.19 bits per heavy atom. The van der Waals surface area contributed by atoms with Gasteiger partial charge >= 0.3 is 11.9 Å². The smallest absolute Gasteiger partial charge is 0.309 e. The summed E-state index contributed by atoms with van der Waals surface area (Å²) in [5.41, 5.74) is 0. The molecule has 26 heavy (non-hydrogen) atoms. The maximum atomic E-state index is 12.2. The van der Waals surface area contributed by atoms with Crippen LogP contribution in [0.5, 0.6) is 0 Å². The molecule has 0 heterocycles. The van der Waals surface area contributed by atoms with Gasteiger partial charge in [0, 0.05) is 0 Å². The Morgan fingerprint density at radius 1 is 0.846 bits per heavy atom. The molecule has 0 aromatic carbocycles. The molecule has 2 N–H and O–H groups in total. The number of hydrogen-bond donors (Lipinski definition) is 2. The monoisotopic (exact) mass is 368 g/mol. The molecule has 0 radical (unpaired) electrons. The molecule has 1 fully saturated rings. The first-order chi connectivity index (χ1) is 12.3. The minimum atomic E-state index is -1.49. The van der Waals surface area contributed by atoms with Crippen LogP contribution in [0, 0.1) is 11.8 Å². The molecule has 0 saturated heterocycles. The predicted octanol–water partition coefficient (Wildman–Crippen LogP) is 0.111. The summed E-state index contributed by atoms with van der Waals surface area (Å²) < 4.78 is 9.89. The van der Waals surface area contributed by atoms with Crippen LogP contribution in [-0.2, 0) is 28.7 Å². The van der Waals surface area contributed by atoms with Crippen molar-refractivity contribution in [3.63, 3.8) is 0 Å². The van der Waals surface area contributed by atoms with Crippen LogP contribution in [0.15, 0.2) is 25.3 Å². The van der Waals surface area contributed by atoms with E-state index < -0.39 is 60.8 Å². The minimum absolute atomic E-state index is 0.401. The Balaban J connectivity index is 2.62. The molecular weight excluding hydrogens is 344 g/mol. The third-order valence-corrected chi connectivity index (χ3v) is 4.20. The van der Waals surface area contributed by atoms with Crippen LogP contribution in [0.2, 0.25) is 0 Å². The van der Waals surface area contributed by atoms with Crippen molar-refractivity contribution in [1.82, 2.24) is 0 Å². The lowest BCUT2D eigenvalue weighted by molar-refractivity contribution is -0.166. The highest BCUT2D eigenvalue weighted by Crippen LogP contribution is 2.32. The average molecular weight is 368 g/mol. The number of ketones is 2. The molecule has 1 aliphatic rings. The molecule has 0 bridgehead atoms. The molecule has 1 rings (SSSR count). The lowest BCUT2D eigenvalue weighted by Gasteiger charge is -2.28. The third-order valence-electron chi connectivity index (χ3n) is 4.20. The lowest BCUT2D eigenvalue weighted by Crippen LogP contribution is -2.38. The number of ether oxygens (including phenoxy) is 2. The second-order valence-corrected chi connectivity index (χ2v) is 6.00. The fraction of sp³-hybridized carbons (Fsp3) is 0.556. The Hall–Kier alpha value is -2.32. The van der Waals surface area contributed by atoms with Gasteiger partial charge in [0.1, 0.15) is 13.2 Å². The SMILES string of the molecule is C=CC(=O)C(O)COC(=O)C1CCCCC1C(=O)OCC(O)C(=O)C=C. The van der Waals surface area contributed by atoms with Crippen LogP contribution >= 0.6 is 0 Å². The first kappa shape index (κ1) is 21.7. The summed E-state index contributed by atoms with van der Waals surface area (Å²) in [6, 6.07) is 0. The van der Waals surface area contributed by atoms with Crippen LogP contribution < -0.4 is 0 Å². The largest absolute Gasteiger partial charge is 0.462 e. The number of rotatable bonds is 10. The van der Waals surface area contributed by atoms with Gasteiger partial charge in [0.15, 0.2) is 23.8 Å². The van der Waals surface area contributed by atoms with E-state index in [1.165, 1.54) is 0 Å². The molecule has 8 nitrogen and oxygen atoms in total.